The molecule has 0 aromatic heterocycles. The summed E-state index contributed by atoms with van der Waals surface area (Å²) in [5, 5.41) is 0. The molecule has 0 saturated carbocycles. The fourth-order valence-corrected chi connectivity index (χ4v) is 2.38. The normalized spacial score (nSPS) is 14.6. The van der Waals surface area contributed by atoms with Crippen LogP contribution in [0.4, 0.5) is 0 Å². The molecule has 18 heavy (non-hydrogen) atoms. The quantitative estimate of drug-likeness (QED) is 0.808. The third kappa shape index (κ3) is 3.72. The first-order chi connectivity index (χ1) is 8.61. The van der Waals surface area contributed by atoms with Gasteiger partial charge in [0.25, 0.3) is 0 Å². The summed E-state index contributed by atoms with van der Waals surface area (Å²) in [6.45, 7) is 5.32. The molecule has 0 spiro atoms. The second-order valence-electron chi connectivity index (χ2n) is 4.88. The molecule has 0 heterocycles. The number of rotatable bonds is 7. The van der Waals surface area contributed by atoms with E-state index in [0.29, 0.717) is 0 Å². The van der Waals surface area contributed by atoms with Crippen LogP contribution in [0, 0.1) is 0 Å². The Morgan fingerprint density at radius 3 is 2.56 bits per heavy atom. The maximum absolute atomic E-state index is 6.17. The SMILES string of the molecule is CCCCN(C)C(c1ccccc1OC)C(C)N. The summed E-state index contributed by atoms with van der Waals surface area (Å²) in [5.41, 5.74) is 7.34. The molecular weight excluding hydrogens is 224 g/mol. The zero-order valence-electron chi connectivity index (χ0n) is 12.0. The molecule has 3 heteroatoms. The van der Waals surface area contributed by atoms with Gasteiger partial charge in [0.2, 0.25) is 0 Å². The molecule has 2 atom stereocenters. The predicted molar refractivity (Wildman–Crippen MR) is 76.9 cm³/mol. The summed E-state index contributed by atoms with van der Waals surface area (Å²) >= 11 is 0. The molecule has 1 aromatic rings. The molecule has 0 bridgehead atoms. The maximum Gasteiger partial charge on any atom is 0.123 e. The van der Waals surface area contributed by atoms with Gasteiger partial charge in [-0.1, -0.05) is 31.5 Å². The second-order valence-corrected chi connectivity index (χ2v) is 4.88. The number of hydrogen-bond donors (Lipinski definition) is 1. The molecule has 3 nitrogen and oxygen atoms in total. The fraction of sp³-hybridized carbons (Fsp3) is 0.600. The molecule has 2 N–H and O–H groups in total. The Morgan fingerprint density at radius 2 is 2.00 bits per heavy atom. The van der Waals surface area contributed by atoms with Crippen LogP contribution in [0.25, 0.3) is 0 Å². The molecule has 0 fully saturated rings. The number of methoxy groups -OCH3 is 1. The molecule has 0 aliphatic carbocycles. The topological polar surface area (TPSA) is 38.5 Å². The van der Waals surface area contributed by atoms with E-state index < -0.39 is 0 Å². The number of ether oxygens (including phenoxy) is 1. The van der Waals surface area contributed by atoms with Crippen molar-refractivity contribution in [2.45, 2.75) is 38.8 Å². The third-order valence-corrected chi connectivity index (χ3v) is 3.29. The van der Waals surface area contributed by atoms with Crippen molar-refractivity contribution in [1.82, 2.24) is 4.90 Å². The Bertz CT molecular complexity index is 352. The van der Waals surface area contributed by atoms with Crippen LogP contribution in [0.3, 0.4) is 0 Å². The summed E-state index contributed by atoms with van der Waals surface area (Å²) in [5.74, 6) is 0.920. The van der Waals surface area contributed by atoms with Crippen molar-refractivity contribution in [3.63, 3.8) is 0 Å². The van der Waals surface area contributed by atoms with Crippen LogP contribution in [-0.4, -0.2) is 31.6 Å². The van der Waals surface area contributed by atoms with Crippen LogP contribution >= 0.6 is 0 Å². The molecule has 0 amide bonds. The highest BCUT2D eigenvalue weighted by atomic mass is 16.5. The van der Waals surface area contributed by atoms with E-state index in [1.54, 1.807) is 7.11 Å². The van der Waals surface area contributed by atoms with Gasteiger partial charge in [-0.05, 0) is 33.0 Å². The molecule has 0 radical (unpaired) electrons. The fourth-order valence-electron chi connectivity index (χ4n) is 2.38. The molecule has 2 unspecified atom stereocenters. The summed E-state index contributed by atoms with van der Waals surface area (Å²) in [6.07, 6.45) is 2.39. The minimum Gasteiger partial charge on any atom is -0.496 e. The van der Waals surface area contributed by atoms with E-state index in [9.17, 15) is 0 Å². The molecule has 1 rings (SSSR count). The Hall–Kier alpha value is -1.06. The molecule has 0 aliphatic rings. The number of hydrogen-bond acceptors (Lipinski definition) is 3. The highest BCUT2D eigenvalue weighted by molar-refractivity contribution is 5.36. The lowest BCUT2D eigenvalue weighted by molar-refractivity contribution is 0.211. The van der Waals surface area contributed by atoms with E-state index in [1.807, 2.05) is 18.2 Å². The van der Waals surface area contributed by atoms with Gasteiger partial charge in [0, 0.05) is 11.6 Å². The zero-order valence-corrected chi connectivity index (χ0v) is 12.0. The lowest BCUT2D eigenvalue weighted by Crippen LogP contribution is -2.38. The van der Waals surface area contributed by atoms with Gasteiger partial charge in [-0.2, -0.15) is 0 Å². The monoisotopic (exact) mass is 250 g/mol. The van der Waals surface area contributed by atoms with Gasteiger partial charge in [-0.3, -0.25) is 4.90 Å². The van der Waals surface area contributed by atoms with Crippen LogP contribution in [0.15, 0.2) is 24.3 Å². The maximum atomic E-state index is 6.17. The first-order valence-electron chi connectivity index (χ1n) is 6.70. The van der Waals surface area contributed by atoms with Crippen LogP contribution in [0.5, 0.6) is 5.75 Å². The minimum absolute atomic E-state index is 0.0724. The number of nitrogens with two attached hydrogens (primary N) is 1. The first kappa shape index (κ1) is 15.0. The summed E-state index contributed by atoms with van der Waals surface area (Å²) in [7, 11) is 3.85. The highest BCUT2D eigenvalue weighted by Crippen LogP contribution is 2.30. The summed E-state index contributed by atoms with van der Waals surface area (Å²) in [4.78, 5) is 2.33. The lowest BCUT2D eigenvalue weighted by Gasteiger charge is -2.32. The Balaban J connectivity index is 2.96. The number of unbranched alkanes of at least 4 members (excludes halogenated alkanes) is 1. The van der Waals surface area contributed by atoms with Gasteiger partial charge in [-0.25, -0.2) is 0 Å². The Labute approximate surface area is 111 Å². The van der Waals surface area contributed by atoms with Crippen molar-refractivity contribution in [1.29, 1.82) is 0 Å². The van der Waals surface area contributed by atoms with Crippen LogP contribution in [-0.2, 0) is 0 Å². The van der Waals surface area contributed by atoms with Crippen molar-refractivity contribution in [3.05, 3.63) is 29.8 Å². The Kier molecular flexibility index (Phi) is 6.16. The smallest absolute Gasteiger partial charge is 0.123 e. The average Bonchev–Trinajstić information content (AvgIpc) is 2.36. The number of nitrogens with zero attached hydrogens (tertiary/aromatic N) is 1. The van der Waals surface area contributed by atoms with Crippen molar-refractivity contribution in [3.8, 4) is 5.75 Å². The van der Waals surface area contributed by atoms with Gasteiger partial charge in [0.15, 0.2) is 0 Å². The van der Waals surface area contributed by atoms with Crippen molar-refractivity contribution in [2.24, 2.45) is 5.73 Å². The van der Waals surface area contributed by atoms with E-state index in [-0.39, 0.29) is 12.1 Å². The lowest BCUT2D eigenvalue weighted by atomic mass is 9.98. The standard InChI is InChI=1S/C15H26N2O/c1-5-6-11-17(3)15(12(2)16)13-9-7-8-10-14(13)18-4/h7-10,12,15H,5-6,11,16H2,1-4H3. The van der Waals surface area contributed by atoms with Gasteiger partial charge < -0.3 is 10.5 Å². The number of para-hydroxylation sites is 1. The summed E-state index contributed by atoms with van der Waals surface area (Å²) in [6, 6.07) is 8.41. The van der Waals surface area contributed by atoms with Crippen molar-refractivity contribution < 1.29 is 4.74 Å². The zero-order chi connectivity index (χ0) is 13.5. The highest BCUT2D eigenvalue weighted by Gasteiger charge is 2.23. The van der Waals surface area contributed by atoms with Crippen molar-refractivity contribution in [2.75, 3.05) is 20.7 Å². The van der Waals surface area contributed by atoms with Gasteiger partial charge >= 0.3 is 0 Å². The molecular formula is C15H26N2O. The number of likely N-dealkylation sites (N-methyl/N-ethyl adjacent to an activating group) is 1. The molecule has 0 saturated heterocycles. The minimum atomic E-state index is 0.0724. The van der Waals surface area contributed by atoms with Gasteiger partial charge in [-0.15, -0.1) is 0 Å². The van der Waals surface area contributed by atoms with E-state index in [4.69, 9.17) is 10.5 Å². The third-order valence-electron chi connectivity index (χ3n) is 3.29. The van der Waals surface area contributed by atoms with Crippen LogP contribution < -0.4 is 10.5 Å². The van der Waals surface area contributed by atoms with Crippen LogP contribution in [0.1, 0.15) is 38.3 Å². The van der Waals surface area contributed by atoms with E-state index in [2.05, 4.69) is 31.9 Å². The second kappa shape index (κ2) is 7.39. The number of benzene rings is 1. The van der Waals surface area contributed by atoms with Gasteiger partial charge in [0.05, 0.1) is 13.2 Å². The first-order valence-corrected chi connectivity index (χ1v) is 6.70. The van der Waals surface area contributed by atoms with Crippen LogP contribution in [0.2, 0.25) is 0 Å². The largest absolute Gasteiger partial charge is 0.496 e. The molecule has 0 aliphatic heterocycles. The predicted octanol–water partition coefficient (Wildman–Crippen LogP) is 2.82. The van der Waals surface area contributed by atoms with E-state index >= 15 is 0 Å². The molecule has 102 valence electrons. The average molecular weight is 250 g/mol. The summed E-state index contributed by atoms with van der Waals surface area (Å²) < 4.78 is 5.45. The Morgan fingerprint density at radius 1 is 1.33 bits per heavy atom. The molecule has 1 aromatic carbocycles. The van der Waals surface area contributed by atoms with E-state index in [1.165, 1.54) is 18.4 Å². The van der Waals surface area contributed by atoms with Gasteiger partial charge in [0.1, 0.15) is 5.75 Å². The van der Waals surface area contributed by atoms with E-state index in [0.717, 1.165) is 12.3 Å². The van der Waals surface area contributed by atoms with Crippen molar-refractivity contribution >= 4 is 0 Å².